The van der Waals surface area contributed by atoms with E-state index in [9.17, 15) is 4.79 Å². The number of aryl methyl sites for hydroxylation is 1. The molecule has 0 spiro atoms. The van der Waals surface area contributed by atoms with E-state index in [-0.39, 0.29) is 11.6 Å². The molecule has 2 heterocycles. The molecule has 4 aromatic rings. The Labute approximate surface area is 217 Å². The standard InChI is InChI=1S/C29H23ClN2O3S/c1-34-23-14-12-19(15-24(23)35-2)27-21-13-11-17-7-3-5-9-20(17)26(21)31-29-32(27)28(33)25(36-29)16-18-8-4-6-10-22(18)30/h3-10,12,14-16,27H,11,13H2,1-2H3/b25-16-/t27-/m1/s1. The van der Waals surface area contributed by atoms with Crippen LogP contribution in [0.5, 0.6) is 11.5 Å². The van der Waals surface area contributed by atoms with Gasteiger partial charge in [-0.25, -0.2) is 4.99 Å². The first-order valence-corrected chi connectivity index (χ1v) is 12.9. The molecule has 1 aliphatic carbocycles. The van der Waals surface area contributed by atoms with Crippen molar-refractivity contribution in [3.63, 3.8) is 0 Å². The van der Waals surface area contributed by atoms with Crippen LogP contribution < -0.4 is 24.4 Å². The highest BCUT2D eigenvalue weighted by molar-refractivity contribution is 7.07. The van der Waals surface area contributed by atoms with Crippen LogP contribution in [-0.4, -0.2) is 18.8 Å². The van der Waals surface area contributed by atoms with E-state index in [0.717, 1.165) is 40.8 Å². The quantitative estimate of drug-likeness (QED) is 0.385. The van der Waals surface area contributed by atoms with Gasteiger partial charge in [-0.2, -0.15) is 0 Å². The maximum Gasteiger partial charge on any atom is 0.271 e. The van der Waals surface area contributed by atoms with Gasteiger partial charge in [0.2, 0.25) is 0 Å². The first-order chi connectivity index (χ1) is 17.6. The lowest BCUT2D eigenvalue weighted by Gasteiger charge is -2.31. The van der Waals surface area contributed by atoms with Crippen LogP contribution >= 0.6 is 22.9 Å². The summed E-state index contributed by atoms with van der Waals surface area (Å²) in [6, 6.07) is 21.5. The predicted molar refractivity (Wildman–Crippen MR) is 144 cm³/mol. The Morgan fingerprint density at radius 3 is 2.58 bits per heavy atom. The molecule has 1 aliphatic heterocycles. The van der Waals surface area contributed by atoms with Crippen molar-refractivity contribution in [2.75, 3.05) is 14.2 Å². The first kappa shape index (κ1) is 22.8. The van der Waals surface area contributed by atoms with E-state index in [4.69, 9.17) is 26.1 Å². The third-order valence-corrected chi connectivity index (χ3v) is 8.12. The number of nitrogens with zero attached hydrogens (tertiary/aromatic N) is 2. The molecule has 0 radical (unpaired) electrons. The maximum absolute atomic E-state index is 13.9. The van der Waals surface area contributed by atoms with Crippen LogP contribution in [0, 0.1) is 0 Å². The van der Waals surface area contributed by atoms with Crippen molar-refractivity contribution in [2.24, 2.45) is 4.99 Å². The summed E-state index contributed by atoms with van der Waals surface area (Å²) in [5.41, 5.74) is 6.19. The van der Waals surface area contributed by atoms with E-state index in [0.29, 0.717) is 25.9 Å². The molecule has 180 valence electrons. The number of thiazole rings is 1. The normalized spacial score (nSPS) is 16.6. The number of aromatic nitrogens is 1. The fraction of sp³-hybridized carbons (Fsp3) is 0.172. The van der Waals surface area contributed by atoms with Gasteiger partial charge >= 0.3 is 0 Å². The molecule has 36 heavy (non-hydrogen) atoms. The second-order valence-electron chi connectivity index (χ2n) is 8.75. The van der Waals surface area contributed by atoms with Crippen LogP contribution in [0.3, 0.4) is 0 Å². The summed E-state index contributed by atoms with van der Waals surface area (Å²) < 4.78 is 13.5. The van der Waals surface area contributed by atoms with Crippen molar-refractivity contribution in [3.05, 3.63) is 119 Å². The van der Waals surface area contributed by atoms with Crippen molar-refractivity contribution < 1.29 is 9.47 Å². The molecule has 6 rings (SSSR count). The van der Waals surface area contributed by atoms with Crippen molar-refractivity contribution in [2.45, 2.75) is 18.9 Å². The number of benzene rings is 3. The Bertz CT molecular complexity index is 1720. The SMILES string of the molecule is COc1ccc([C@@H]2C3=C(N=c4s/c(=C\c5ccccc5Cl)c(=O)n42)c2ccccc2CC3)cc1OC. The average molecular weight is 515 g/mol. The predicted octanol–water partition coefficient (Wildman–Crippen LogP) is 4.99. The second kappa shape index (κ2) is 9.12. The summed E-state index contributed by atoms with van der Waals surface area (Å²) in [6.45, 7) is 0. The minimum absolute atomic E-state index is 0.0798. The van der Waals surface area contributed by atoms with Gasteiger partial charge in [0.05, 0.1) is 30.5 Å². The molecule has 0 amide bonds. The summed E-state index contributed by atoms with van der Waals surface area (Å²) in [4.78, 5) is 19.6. The van der Waals surface area contributed by atoms with E-state index in [1.165, 1.54) is 16.9 Å². The topological polar surface area (TPSA) is 52.8 Å². The lowest BCUT2D eigenvalue weighted by molar-refractivity contribution is 0.354. The number of allylic oxidation sites excluding steroid dienone is 1. The van der Waals surface area contributed by atoms with Gasteiger partial charge in [0.1, 0.15) is 0 Å². The minimum Gasteiger partial charge on any atom is -0.493 e. The Balaban J connectivity index is 1.63. The summed E-state index contributed by atoms with van der Waals surface area (Å²) >= 11 is 7.79. The molecule has 0 fully saturated rings. The molecular weight excluding hydrogens is 492 g/mol. The average Bonchev–Trinajstić information content (AvgIpc) is 3.22. The van der Waals surface area contributed by atoms with E-state index < -0.39 is 0 Å². The lowest BCUT2D eigenvalue weighted by atomic mass is 9.83. The minimum atomic E-state index is -0.294. The molecule has 1 aromatic heterocycles. The molecule has 5 nitrogen and oxygen atoms in total. The molecule has 0 bridgehead atoms. The summed E-state index contributed by atoms with van der Waals surface area (Å²) in [7, 11) is 3.24. The third kappa shape index (κ3) is 3.69. The number of hydrogen-bond donors (Lipinski definition) is 0. The number of hydrogen-bond acceptors (Lipinski definition) is 5. The van der Waals surface area contributed by atoms with Crippen LogP contribution in [-0.2, 0) is 6.42 Å². The monoisotopic (exact) mass is 514 g/mol. The molecule has 0 unspecified atom stereocenters. The summed E-state index contributed by atoms with van der Waals surface area (Å²) in [6.07, 6.45) is 3.58. The fourth-order valence-corrected chi connectivity index (χ4v) is 6.26. The Morgan fingerprint density at radius 1 is 1.00 bits per heavy atom. The van der Waals surface area contributed by atoms with E-state index in [1.54, 1.807) is 14.2 Å². The number of methoxy groups -OCH3 is 2. The van der Waals surface area contributed by atoms with Gasteiger partial charge in [0, 0.05) is 10.6 Å². The zero-order chi connectivity index (χ0) is 24.8. The van der Waals surface area contributed by atoms with Crippen LogP contribution in [0.15, 0.2) is 82.1 Å². The largest absolute Gasteiger partial charge is 0.493 e. The first-order valence-electron chi connectivity index (χ1n) is 11.7. The molecule has 0 saturated carbocycles. The van der Waals surface area contributed by atoms with Gasteiger partial charge in [-0.3, -0.25) is 9.36 Å². The lowest BCUT2D eigenvalue weighted by Crippen LogP contribution is -2.38. The van der Waals surface area contributed by atoms with E-state index in [2.05, 4.69) is 18.2 Å². The summed E-state index contributed by atoms with van der Waals surface area (Å²) in [5.74, 6) is 1.28. The van der Waals surface area contributed by atoms with Gasteiger partial charge in [-0.15, -0.1) is 0 Å². The van der Waals surface area contributed by atoms with Crippen LogP contribution in [0.2, 0.25) is 5.02 Å². The van der Waals surface area contributed by atoms with Gasteiger partial charge in [-0.1, -0.05) is 71.5 Å². The summed E-state index contributed by atoms with van der Waals surface area (Å²) in [5, 5.41) is 0.605. The number of fused-ring (bicyclic) bond motifs is 3. The van der Waals surface area contributed by atoms with Crippen molar-refractivity contribution >= 4 is 34.7 Å². The fourth-order valence-electron chi connectivity index (χ4n) is 5.08. The van der Waals surface area contributed by atoms with Gasteiger partial charge in [-0.05, 0) is 59.4 Å². The zero-order valence-electron chi connectivity index (χ0n) is 19.8. The Hall–Kier alpha value is -3.61. The van der Waals surface area contributed by atoms with Gasteiger partial charge < -0.3 is 9.47 Å². The smallest absolute Gasteiger partial charge is 0.271 e. The highest BCUT2D eigenvalue weighted by atomic mass is 35.5. The molecule has 2 aliphatic rings. The number of halogens is 1. The van der Waals surface area contributed by atoms with E-state index >= 15 is 0 Å². The highest BCUT2D eigenvalue weighted by Gasteiger charge is 2.33. The molecule has 0 N–H and O–H groups in total. The molecule has 7 heteroatoms. The molecule has 0 saturated heterocycles. The van der Waals surface area contributed by atoms with Gasteiger partial charge in [0.15, 0.2) is 16.3 Å². The molecular formula is C29H23ClN2O3S. The number of ether oxygens (including phenoxy) is 2. The van der Waals surface area contributed by atoms with Crippen molar-refractivity contribution in [1.29, 1.82) is 0 Å². The molecule has 3 aromatic carbocycles. The van der Waals surface area contributed by atoms with Crippen LogP contribution in [0.1, 0.15) is 34.7 Å². The maximum atomic E-state index is 13.9. The van der Waals surface area contributed by atoms with Crippen LogP contribution in [0.4, 0.5) is 0 Å². The molecule has 1 atom stereocenters. The second-order valence-corrected chi connectivity index (χ2v) is 10.2. The zero-order valence-corrected chi connectivity index (χ0v) is 21.4. The number of rotatable bonds is 4. The van der Waals surface area contributed by atoms with Gasteiger partial charge in [0.25, 0.3) is 5.56 Å². The van der Waals surface area contributed by atoms with E-state index in [1.807, 2.05) is 59.2 Å². The van der Waals surface area contributed by atoms with Crippen LogP contribution in [0.25, 0.3) is 11.8 Å². The van der Waals surface area contributed by atoms with Crippen molar-refractivity contribution in [3.8, 4) is 11.5 Å². The Morgan fingerprint density at radius 2 is 1.78 bits per heavy atom. The Kier molecular flexibility index (Phi) is 5.78. The van der Waals surface area contributed by atoms with Crippen molar-refractivity contribution in [1.82, 2.24) is 4.57 Å². The highest BCUT2D eigenvalue weighted by Crippen LogP contribution is 2.42. The third-order valence-electron chi connectivity index (χ3n) is 6.79.